The summed E-state index contributed by atoms with van der Waals surface area (Å²) < 4.78 is 7.35. The number of nitrogens with zero attached hydrogens (tertiary/aromatic N) is 2. The monoisotopic (exact) mass is 261 g/mol. The zero-order valence-electron chi connectivity index (χ0n) is 10.3. The molecule has 0 fully saturated rings. The van der Waals surface area contributed by atoms with E-state index >= 15 is 0 Å². The minimum atomic E-state index is 0.802. The standard InChI is InChI=1S/C13H15N3OS/c1-10-8-16(9-15-10)12-4-3-11(5-6-18-14)7-13(12)17-2/h3-9H,14H2,1-2H3/b6-5+. The van der Waals surface area contributed by atoms with E-state index < -0.39 is 0 Å². The van der Waals surface area contributed by atoms with Gasteiger partial charge in [0.05, 0.1) is 24.8 Å². The van der Waals surface area contributed by atoms with Crippen molar-refractivity contribution in [1.29, 1.82) is 0 Å². The molecule has 0 spiro atoms. The van der Waals surface area contributed by atoms with Crippen LogP contribution in [0.25, 0.3) is 11.8 Å². The molecule has 4 nitrogen and oxygen atoms in total. The van der Waals surface area contributed by atoms with Gasteiger partial charge in [-0.05, 0) is 36.1 Å². The predicted molar refractivity (Wildman–Crippen MR) is 75.7 cm³/mol. The molecule has 0 aliphatic rings. The summed E-state index contributed by atoms with van der Waals surface area (Å²) in [6.45, 7) is 1.96. The maximum atomic E-state index is 5.41. The summed E-state index contributed by atoms with van der Waals surface area (Å²) in [4.78, 5) is 4.21. The van der Waals surface area contributed by atoms with E-state index in [2.05, 4.69) is 4.98 Å². The van der Waals surface area contributed by atoms with E-state index in [-0.39, 0.29) is 0 Å². The average molecular weight is 261 g/mol. The third-order valence-electron chi connectivity index (χ3n) is 2.53. The Labute approximate surface area is 111 Å². The van der Waals surface area contributed by atoms with Gasteiger partial charge in [0, 0.05) is 6.20 Å². The van der Waals surface area contributed by atoms with E-state index in [4.69, 9.17) is 9.88 Å². The Kier molecular flexibility index (Phi) is 4.07. The number of aromatic nitrogens is 2. The summed E-state index contributed by atoms with van der Waals surface area (Å²) in [7, 11) is 1.66. The third-order valence-corrected chi connectivity index (χ3v) is 2.83. The lowest BCUT2D eigenvalue weighted by molar-refractivity contribution is 0.413. The Morgan fingerprint density at radius 3 is 2.89 bits per heavy atom. The van der Waals surface area contributed by atoms with Gasteiger partial charge in [-0.15, -0.1) is 0 Å². The lowest BCUT2D eigenvalue weighted by atomic mass is 10.2. The van der Waals surface area contributed by atoms with Crippen LogP contribution in [0.2, 0.25) is 0 Å². The van der Waals surface area contributed by atoms with Crippen molar-refractivity contribution in [3.8, 4) is 11.4 Å². The number of benzene rings is 1. The van der Waals surface area contributed by atoms with Crippen LogP contribution in [0, 0.1) is 6.92 Å². The zero-order chi connectivity index (χ0) is 13.0. The summed E-state index contributed by atoms with van der Waals surface area (Å²) >= 11 is 1.18. The molecular weight excluding hydrogens is 246 g/mol. The number of ether oxygens (including phenoxy) is 1. The Morgan fingerprint density at radius 1 is 1.44 bits per heavy atom. The lowest BCUT2D eigenvalue weighted by Crippen LogP contribution is -1.95. The maximum Gasteiger partial charge on any atom is 0.143 e. The van der Waals surface area contributed by atoms with Gasteiger partial charge in [-0.25, -0.2) is 4.98 Å². The van der Waals surface area contributed by atoms with Crippen molar-refractivity contribution >= 4 is 18.0 Å². The Balaban J connectivity index is 2.40. The molecule has 94 valence electrons. The van der Waals surface area contributed by atoms with Crippen LogP contribution < -0.4 is 9.88 Å². The second-order valence-corrected chi connectivity index (χ2v) is 4.34. The summed E-state index contributed by atoms with van der Waals surface area (Å²) in [5, 5.41) is 7.19. The molecule has 0 saturated heterocycles. The highest BCUT2D eigenvalue weighted by Gasteiger charge is 2.06. The van der Waals surface area contributed by atoms with Gasteiger partial charge in [-0.1, -0.05) is 18.0 Å². The Hall–Kier alpha value is -1.72. The van der Waals surface area contributed by atoms with Gasteiger partial charge in [-0.3, -0.25) is 5.14 Å². The van der Waals surface area contributed by atoms with Gasteiger partial charge in [0.25, 0.3) is 0 Å². The van der Waals surface area contributed by atoms with Crippen molar-refractivity contribution in [2.24, 2.45) is 5.14 Å². The van der Waals surface area contributed by atoms with Gasteiger partial charge >= 0.3 is 0 Å². The van der Waals surface area contributed by atoms with Crippen molar-refractivity contribution < 1.29 is 4.74 Å². The summed E-state index contributed by atoms with van der Waals surface area (Å²) in [6, 6.07) is 5.98. The van der Waals surface area contributed by atoms with Crippen LogP contribution in [0.5, 0.6) is 5.75 Å². The molecule has 0 amide bonds. The fraction of sp³-hybridized carbons (Fsp3) is 0.154. The number of rotatable bonds is 4. The van der Waals surface area contributed by atoms with Crippen LogP contribution >= 0.6 is 11.9 Å². The van der Waals surface area contributed by atoms with E-state index in [1.165, 1.54) is 11.9 Å². The highest BCUT2D eigenvalue weighted by Crippen LogP contribution is 2.25. The van der Waals surface area contributed by atoms with E-state index in [0.29, 0.717) is 0 Å². The molecule has 5 heteroatoms. The smallest absolute Gasteiger partial charge is 0.143 e. The molecule has 0 aliphatic carbocycles. The van der Waals surface area contributed by atoms with Gasteiger partial charge in [0.1, 0.15) is 5.75 Å². The van der Waals surface area contributed by atoms with Crippen molar-refractivity contribution in [3.63, 3.8) is 0 Å². The predicted octanol–water partition coefficient (Wildman–Crippen LogP) is 2.77. The first kappa shape index (κ1) is 12.7. The Morgan fingerprint density at radius 2 is 2.28 bits per heavy atom. The fourth-order valence-electron chi connectivity index (χ4n) is 1.68. The van der Waals surface area contributed by atoms with Gasteiger partial charge < -0.3 is 9.30 Å². The maximum absolute atomic E-state index is 5.41. The van der Waals surface area contributed by atoms with E-state index in [1.807, 2.05) is 47.4 Å². The molecule has 2 N–H and O–H groups in total. The van der Waals surface area contributed by atoms with Crippen LogP contribution in [0.1, 0.15) is 11.3 Å². The van der Waals surface area contributed by atoms with Crippen LogP contribution in [0.15, 0.2) is 36.1 Å². The first-order chi connectivity index (χ1) is 8.74. The largest absolute Gasteiger partial charge is 0.495 e. The molecule has 0 atom stereocenters. The first-order valence-electron chi connectivity index (χ1n) is 5.45. The normalized spacial score (nSPS) is 11.1. The van der Waals surface area contributed by atoms with Gasteiger partial charge in [0.2, 0.25) is 0 Å². The van der Waals surface area contributed by atoms with Crippen molar-refractivity contribution in [1.82, 2.24) is 9.55 Å². The van der Waals surface area contributed by atoms with Gasteiger partial charge in [-0.2, -0.15) is 0 Å². The topological polar surface area (TPSA) is 53.1 Å². The molecule has 18 heavy (non-hydrogen) atoms. The number of hydrogen-bond donors (Lipinski definition) is 1. The highest BCUT2D eigenvalue weighted by atomic mass is 32.2. The van der Waals surface area contributed by atoms with E-state index in [0.717, 1.165) is 22.7 Å². The average Bonchev–Trinajstić information content (AvgIpc) is 2.82. The molecule has 0 unspecified atom stereocenters. The lowest BCUT2D eigenvalue weighted by Gasteiger charge is -2.09. The number of aryl methyl sites for hydroxylation is 1. The van der Waals surface area contributed by atoms with Crippen LogP contribution in [-0.4, -0.2) is 16.7 Å². The molecule has 0 aliphatic heterocycles. The van der Waals surface area contributed by atoms with Crippen LogP contribution in [-0.2, 0) is 0 Å². The zero-order valence-corrected chi connectivity index (χ0v) is 11.1. The number of imidazole rings is 1. The summed E-state index contributed by atoms with van der Waals surface area (Å²) in [5.41, 5.74) is 2.99. The molecule has 2 aromatic rings. The molecular formula is C13H15N3OS. The first-order valence-corrected chi connectivity index (χ1v) is 6.40. The minimum Gasteiger partial charge on any atom is -0.495 e. The van der Waals surface area contributed by atoms with Crippen molar-refractivity contribution in [2.45, 2.75) is 6.92 Å². The molecule has 0 bridgehead atoms. The number of methoxy groups -OCH3 is 1. The number of hydrogen-bond acceptors (Lipinski definition) is 4. The SMILES string of the molecule is COc1cc(/C=C/SN)ccc1-n1cnc(C)c1. The summed E-state index contributed by atoms with van der Waals surface area (Å²) in [6.07, 6.45) is 5.68. The second-order valence-electron chi connectivity index (χ2n) is 3.79. The minimum absolute atomic E-state index is 0.802. The van der Waals surface area contributed by atoms with E-state index in [1.54, 1.807) is 13.4 Å². The number of nitrogens with two attached hydrogens (primary N) is 1. The highest BCUT2D eigenvalue weighted by molar-refractivity contribution is 8.00. The quantitative estimate of drug-likeness (QED) is 0.860. The molecule has 0 saturated carbocycles. The summed E-state index contributed by atoms with van der Waals surface area (Å²) in [5.74, 6) is 0.802. The van der Waals surface area contributed by atoms with Crippen LogP contribution in [0.3, 0.4) is 0 Å². The third kappa shape index (κ3) is 2.75. The second kappa shape index (κ2) is 5.75. The van der Waals surface area contributed by atoms with Gasteiger partial charge in [0.15, 0.2) is 0 Å². The fourth-order valence-corrected chi connectivity index (χ4v) is 1.92. The molecule has 0 radical (unpaired) electrons. The molecule has 1 aromatic carbocycles. The van der Waals surface area contributed by atoms with Crippen molar-refractivity contribution in [3.05, 3.63) is 47.4 Å². The molecule has 1 heterocycles. The van der Waals surface area contributed by atoms with Crippen molar-refractivity contribution in [2.75, 3.05) is 7.11 Å². The molecule has 2 rings (SSSR count). The van der Waals surface area contributed by atoms with Crippen LogP contribution in [0.4, 0.5) is 0 Å². The van der Waals surface area contributed by atoms with E-state index in [9.17, 15) is 0 Å². The molecule has 1 aromatic heterocycles. The Bertz CT molecular complexity index is 563.